The molecule has 0 aromatic heterocycles. The molecule has 31 heavy (non-hydrogen) atoms. The van der Waals surface area contributed by atoms with Gasteiger partial charge in [0.05, 0.1) is 11.3 Å². The average molecular weight is 573 g/mol. The van der Waals surface area contributed by atoms with Gasteiger partial charge >= 0.3 is 24.2 Å². The maximum absolute atomic E-state index is 14.3. The second-order valence-corrected chi connectivity index (χ2v) is 7.52. The van der Waals surface area contributed by atoms with Crippen LogP contribution in [0.4, 0.5) is 49.6 Å². The van der Waals surface area contributed by atoms with E-state index in [2.05, 4.69) is 0 Å². The third kappa shape index (κ3) is 4.90. The zero-order valence-corrected chi connectivity index (χ0v) is 17.2. The molecule has 0 unspecified atom stereocenters. The van der Waals surface area contributed by atoms with E-state index in [1.807, 2.05) is 5.32 Å². The van der Waals surface area contributed by atoms with Crippen molar-refractivity contribution in [3.05, 3.63) is 62.2 Å². The normalized spacial score (nSPS) is 13.3. The van der Waals surface area contributed by atoms with Gasteiger partial charge in [-0.15, -0.1) is 0 Å². The number of hydrogen-bond donors (Lipinski definition) is 1. The SMILES string of the molecule is Cc1cccc(C(=O)Nc2c(I)cc(C(F)(C(F)(F)F)C(F)(F)F)cc2C(F)(F)F)c1. The van der Waals surface area contributed by atoms with Crippen molar-refractivity contribution >= 4 is 34.2 Å². The van der Waals surface area contributed by atoms with Gasteiger partial charge in [0.15, 0.2) is 0 Å². The molecule has 0 aliphatic carbocycles. The van der Waals surface area contributed by atoms with Gasteiger partial charge in [0.2, 0.25) is 0 Å². The Labute approximate surface area is 181 Å². The van der Waals surface area contributed by atoms with Crippen LogP contribution in [0.1, 0.15) is 27.0 Å². The first-order chi connectivity index (χ1) is 13.9. The third-order valence-corrected chi connectivity index (χ3v) is 4.94. The number of aryl methyl sites for hydroxylation is 1. The van der Waals surface area contributed by atoms with Crippen LogP contribution in [0.15, 0.2) is 36.4 Å². The van der Waals surface area contributed by atoms with E-state index in [0.717, 1.165) is 22.6 Å². The Hall–Kier alpha value is -2.06. The molecular weight excluding hydrogens is 563 g/mol. The summed E-state index contributed by atoms with van der Waals surface area (Å²) in [7, 11) is 0. The predicted molar refractivity (Wildman–Crippen MR) is 98.2 cm³/mol. The Balaban J connectivity index is 2.70. The highest BCUT2D eigenvalue weighted by molar-refractivity contribution is 14.1. The molecule has 2 aromatic rings. The van der Waals surface area contributed by atoms with Gasteiger partial charge < -0.3 is 5.32 Å². The van der Waals surface area contributed by atoms with Gasteiger partial charge in [-0.25, -0.2) is 4.39 Å². The summed E-state index contributed by atoms with van der Waals surface area (Å²) in [6, 6.07) is 4.87. The Bertz CT molecular complexity index is 980. The fourth-order valence-corrected chi connectivity index (χ4v) is 3.38. The highest BCUT2D eigenvalue weighted by Gasteiger charge is 2.73. The highest BCUT2D eigenvalue weighted by Crippen LogP contribution is 2.54. The average Bonchev–Trinajstić information content (AvgIpc) is 2.59. The molecule has 2 aromatic carbocycles. The van der Waals surface area contributed by atoms with Crippen molar-refractivity contribution in [3.63, 3.8) is 0 Å². The van der Waals surface area contributed by atoms with Crippen molar-refractivity contribution in [2.45, 2.75) is 31.1 Å². The van der Waals surface area contributed by atoms with E-state index in [9.17, 15) is 48.7 Å². The predicted octanol–water partition coefficient (Wildman–Crippen LogP) is 7.16. The molecule has 0 aliphatic rings. The molecule has 1 amide bonds. The molecular formula is C18H10F10INO. The van der Waals surface area contributed by atoms with E-state index in [1.54, 1.807) is 13.0 Å². The summed E-state index contributed by atoms with van der Waals surface area (Å²) in [5, 5.41) is 1.83. The number of carbonyl (C=O) groups excluding carboxylic acids is 1. The monoisotopic (exact) mass is 573 g/mol. The minimum absolute atomic E-state index is 0.0391. The summed E-state index contributed by atoms with van der Waals surface area (Å²) in [4.78, 5) is 12.3. The number of rotatable bonds is 3. The van der Waals surface area contributed by atoms with Gasteiger partial charge in [0.25, 0.3) is 5.91 Å². The highest BCUT2D eigenvalue weighted by atomic mass is 127. The number of amides is 1. The van der Waals surface area contributed by atoms with E-state index in [1.165, 1.54) is 18.2 Å². The molecule has 170 valence electrons. The lowest BCUT2D eigenvalue weighted by Crippen LogP contribution is -2.50. The van der Waals surface area contributed by atoms with Crippen molar-refractivity contribution in [2.24, 2.45) is 0 Å². The van der Waals surface area contributed by atoms with E-state index < -0.39 is 56.6 Å². The van der Waals surface area contributed by atoms with Crippen LogP contribution in [0.3, 0.4) is 0 Å². The number of alkyl halides is 10. The molecule has 13 heteroatoms. The van der Waals surface area contributed by atoms with E-state index >= 15 is 0 Å². The number of nitrogens with one attached hydrogen (secondary N) is 1. The molecule has 0 aliphatic heterocycles. The molecule has 0 bridgehead atoms. The molecule has 0 atom stereocenters. The summed E-state index contributed by atoms with van der Waals surface area (Å²) in [5.74, 6) is -1.10. The number of anilines is 1. The molecule has 2 rings (SSSR count). The second-order valence-electron chi connectivity index (χ2n) is 6.36. The van der Waals surface area contributed by atoms with Crippen molar-refractivity contribution in [2.75, 3.05) is 5.32 Å². The molecule has 0 saturated carbocycles. The molecule has 2 nitrogen and oxygen atoms in total. The van der Waals surface area contributed by atoms with Crippen LogP contribution in [-0.2, 0) is 11.8 Å². The maximum Gasteiger partial charge on any atom is 0.435 e. The zero-order chi connectivity index (χ0) is 24.0. The van der Waals surface area contributed by atoms with E-state index in [-0.39, 0.29) is 11.6 Å². The number of hydrogen-bond acceptors (Lipinski definition) is 1. The van der Waals surface area contributed by atoms with Crippen LogP contribution in [0.5, 0.6) is 0 Å². The molecule has 0 radical (unpaired) electrons. The van der Waals surface area contributed by atoms with Crippen molar-refractivity contribution in [3.8, 4) is 0 Å². The van der Waals surface area contributed by atoms with Crippen molar-refractivity contribution in [1.82, 2.24) is 0 Å². The first-order valence-electron chi connectivity index (χ1n) is 8.01. The number of halogens is 11. The number of carbonyl (C=O) groups is 1. The lowest BCUT2D eigenvalue weighted by atomic mass is 9.92. The number of benzene rings is 2. The summed E-state index contributed by atoms with van der Waals surface area (Å²) in [5.41, 5.74) is -11.1. The van der Waals surface area contributed by atoms with Crippen LogP contribution in [-0.4, -0.2) is 18.3 Å². The van der Waals surface area contributed by atoms with Gasteiger partial charge in [-0.1, -0.05) is 17.7 Å². The molecule has 0 fully saturated rings. The van der Waals surface area contributed by atoms with Crippen molar-refractivity contribution < 1.29 is 48.7 Å². The second kappa shape index (κ2) is 8.13. The van der Waals surface area contributed by atoms with Gasteiger partial charge in [-0.2, -0.15) is 39.5 Å². The third-order valence-electron chi connectivity index (χ3n) is 4.09. The minimum Gasteiger partial charge on any atom is -0.320 e. The van der Waals surface area contributed by atoms with E-state index in [4.69, 9.17) is 0 Å². The summed E-state index contributed by atoms with van der Waals surface area (Å²) in [6.07, 6.45) is -18.7. The van der Waals surface area contributed by atoms with Gasteiger partial charge in [0, 0.05) is 14.7 Å². The van der Waals surface area contributed by atoms with Gasteiger partial charge in [0.1, 0.15) is 0 Å². The largest absolute Gasteiger partial charge is 0.435 e. The Morgan fingerprint density at radius 2 is 1.42 bits per heavy atom. The van der Waals surface area contributed by atoms with Gasteiger partial charge in [-0.05, 0) is 53.8 Å². The Morgan fingerprint density at radius 3 is 1.87 bits per heavy atom. The smallest absolute Gasteiger partial charge is 0.320 e. The lowest BCUT2D eigenvalue weighted by Gasteiger charge is -2.31. The first kappa shape index (κ1) is 25.2. The molecule has 0 spiro atoms. The van der Waals surface area contributed by atoms with Crippen LogP contribution < -0.4 is 5.32 Å². The molecule has 0 saturated heterocycles. The van der Waals surface area contributed by atoms with Crippen LogP contribution in [0, 0.1) is 10.5 Å². The summed E-state index contributed by atoms with van der Waals surface area (Å²) in [6.45, 7) is 1.57. The Morgan fingerprint density at radius 1 is 0.871 bits per heavy atom. The molecule has 0 heterocycles. The van der Waals surface area contributed by atoms with Crippen LogP contribution >= 0.6 is 22.6 Å². The van der Waals surface area contributed by atoms with E-state index in [0.29, 0.717) is 5.56 Å². The topological polar surface area (TPSA) is 29.1 Å². The van der Waals surface area contributed by atoms with Crippen molar-refractivity contribution in [1.29, 1.82) is 0 Å². The minimum atomic E-state index is -6.59. The summed E-state index contributed by atoms with van der Waals surface area (Å²) < 4.78 is 132. The first-order valence-corrected chi connectivity index (χ1v) is 9.09. The quantitative estimate of drug-likeness (QED) is 0.307. The van der Waals surface area contributed by atoms with Crippen LogP contribution in [0.25, 0.3) is 0 Å². The standard InChI is InChI=1S/C18H10F10INO/c1-8-3-2-4-9(5-8)14(31)30-13-11(16(20,21)22)6-10(7-12(13)29)15(19,17(23,24)25)18(26,27)28/h2-7H,1H3,(H,30,31). The summed E-state index contributed by atoms with van der Waals surface area (Å²) >= 11 is 0.991. The maximum atomic E-state index is 14.3. The molecule has 1 N–H and O–H groups in total. The van der Waals surface area contributed by atoms with Crippen LogP contribution in [0.2, 0.25) is 0 Å². The fraction of sp³-hybridized carbons (Fsp3) is 0.278. The Kier molecular flexibility index (Phi) is 6.61. The zero-order valence-electron chi connectivity index (χ0n) is 15.0. The fourth-order valence-electron chi connectivity index (χ4n) is 2.62. The van der Waals surface area contributed by atoms with Gasteiger partial charge in [-0.3, -0.25) is 4.79 Å². The lowest BCUT2D eigenvalue weighted by molar-refractivity contribution is -0.348.